The molecule has 0 saturated carbocycles. The molecule has 0 aliphatic rings. The van der Waals surface area contributed by atoms with Gasteiger partial charge in [-0.25, -0.2) is 0 Å². The van der Waals surface area contributed by atoms with Crippen LogP contribution in [0.5, 0.6) is 0 Å². The molecule has 8 nitrogen and oxygen atoms in total. The van der Waals surface area contributed by atoms with Crippen molar-refractivity contribution in [2.45, 2.75) is 52.4 Å². The van der Waals surface area contributed by atoms with Crippen molar-refractivity contribution in [2.24, 2.45) is 0 Å². The molecule has 0 aliphatic heterocycles. The van der Waals surface area contributed by atoms with Gasteiger partial charge in [-0.2, -0.15) is 0 Å². The third kappa shape index (κ3) is 22.4. The van der Waals surface area contributed by atoms with Crippen LogP contribution in [0.15, 0.2) is 0 Å². The van der Waals surface area contributed by atoms with Gasteiger partial charge in [0.1, 0.15) is 5.78 Å². The number of hydrogen-bond acceptors (Lipinski definition) is 6. The molecule has 0 rings (SSSR count). The summed E-state index contributed by atoms with van der Waals surface area (Å²) in [5, 5.41) is 5.55. The summed E-state index contributed by atoms with van der Waals surface area (Å²) in [5.41, 5.74) is 0. The van der Waals surface area contributed by atoms with Gasteiger partial charge in [0.2, 0.25) is 11.8 Å². The number of carbonyl (C=O) groups excluding carboxylic acids is 3. The Hall–Kier alpha value is -1.51. The molecule has 0 unspecified atom stereocenters. The van der Waals surface area contributed by atoms with Crippen LogP contribution in [0, 0.1) is 0 Å². The SMILES string of the molecule is CC(=O)CCCCC(=O)NCCCOCCOCCOCCCNC(C)=O. The van der Waals surface area contributed by atoms with Gasteiger partial charge < -0.3 is 29.6 Å². The van der Waals surface area contributed by atoms with E-state index in [2.05, 4.69) is 10.6 Å². The van der Waals surface area contributed by atoms with Crippen LogP contribution in [-0.4, -0.2) is 70.3 Å². The smallest absolute Gasteiger partial charge is 0.219 e. The highest BCUT2D eigenvalue weighted by molar-refractivity contribution is 5.76. The van der Waals surface area contributed by atoms with Crippen LogP contribution in [0.25, 0.3) is 0 Å². The molecular weight excluding hydrogens is 352 g/mol. The average molecular weight is 389 g/mol. The lowest BCUT2D eigenvalue weighted by molar-refractivity contribution is -0.122. The molecule has 0 radical (unpaired) electrons. The van der Waals surface area contributed by atoms with E-state index < -0.39 is 0 Å². The molecule has 0 aromatic carbocycles. The molecule has 2 N–H and O–H groups in total. The highest BCUT2D eigenvalue weighted by atomic mass is 16.5. The van der Waals surface area contributed by atoms with Gasteiger partial charge in [0.05, 0.1) is 26.4 Å². The molecule has 0 aromatic heterocycles. The summed E-state index contributed by atoms with van der Waals surface area (Å²) < 4.78 is 16.2. The summed E-state index contributed by atoms with van der Waals surface area (Å²) in [4.78, 5) is 33.0. The van der Waals surface area contributed by atoms with E-state index >= 15 is 0 Å². The maximum absolute atomic E-state index is 11.5. The van der Waals surface area contributed by atoms with Crippen molar-refractivity contribution in [3.63, 3.8) is 0 Å². The average Bonchev–Trinajstić information content (AvgIpc) is 2.61. The van der Waals surface area contributed by atoms with Crippen molar-refractivity contribution in [1.29, 1.82) is 0 Å². The van der Waals surface area contributed by atoms with Gasteiger partial charge in [-0.05, 0) is 32.6 Å². The minimum atomic E-state index is -0.0261. The van der Waals surface area contributed by atoms with Crippen LogP contribution < -0.4 is 10.6 Å². The molecule has 0 heterocycles. The fraction of sp³-hybridized carbons (Fsp3) is 0.842. The molecule has 0 saturated heterocycles. The second-order valence-corrected chi connectivity index (χ2v) is 6.29. The maximum Gasteiger partial charge on any atom is 0.219 e. The van der Waals surface area contributed by atoms with Crippen molar-refractivity contribution < 1.29 is 28.6 Å². The zero-order valence-electron chi connectivity index (χ0n) is 16.8. The Morgan fingerprint density at radius 2 is 1.11 bits per heavy atom. The van der Waals surface area contributed by atoms with E-state index in [-0.39, 0.29) is 17.6 Å². The number of unbranched alkanes of at least 4 members (excludes halogenated alkanes) is 1. The van der Waals surface area contributed by atoms with Gasteiger partial charge in [-0.1, -0.05) is 0 Å². The van der Waals surface area contributed by atoms with E-state index in [0.717, 1.165) is 25.7 Å². The topological polar surface area (TPSA) is 103 Å². The van der Waals surface area contributed by atoms with Crippen LogP contribution >= 0.6 is 0 Å². The van der Waals surface area contributed by atoms with Gasteiger partial charge in [0, 0.05) is 46.1 Å². The summed E-state index contributed by atoms with van der Waals surface area (Å²) in [5.74, 6) is 0.170. The second-order valence-electron chi connectivity index (χ2n) is 6.29. The first-order valence-corrected chi connectivity index (χ1v) is 9.76. The molecule has 0 spiro atoms. The number of amides is 2. The number of ketones is 1. The molecule has 2 amide bonds. The Morgan fingerprint density at radius 1 is 0.630 bits per heavy atom. The largest absolute Gasteiger partial charge is 0.379 e. The van der Waals surface area contributed by atoms with Crippen LogP contribution in [0.2, 0.25) is 0 Å². The zero-order chi connectivity index (χ0) is 20.2. The molecule has 0 fully saturated rings. The molecule has 27 heavy (non-hydrogen) atoms. The van der Waals surface area contributed by atoms with E-state index in [0.29, 0.717) is 65.6 Å². The molecular formula is C19H36N2O6. The van der Waals surface area contributed by atoms with Crippen molar-refractivity contribution in [2.75, 3.05) is 52.7 Å². The number of ether oxygens (including phenoxy) is 3. The van der Waals surface area contributed by atoms with E-state index in [1.807, 2.05) is 0 Å². The van der Waals surface area contributed by atoms with Crippen molar-refractivity contribution in [3.05, 3.63) is 0 Å². The quantitative estimate of drug-likeness (QED) is 0.323. The highest BCUT2D eigenvalue weighted by Gasteiger charge is 2.01. The standard InChI is InChI=1S/C19H36N2O6/c1-17(22)7-3-4-8-19(24)21-10-6-12-26-14-16-27-15-13-25-11-5-9-20-18(2)23/h3-16H2,1-2H3,(H,20,23)(H,21,24). The van der Waals surface area contributed by atoms with E-state index in [4.69, 9.17) is 14.2 Å². The second kappa shape index (κ2) is 19.3. The Labute approximate surface area is 162 Å². The Morgan fingerprint density at radius 3 is 1.63 bits per heavy atom. The maximum atomic E-state index is 11.5. The minimum Gasteiger partial charge on any atom is -0.379 e. The van der Waals surface area contributed by atoms with Crippen LogP contribution in [0.1, 0.15) is 52.4 Å². The lowest BCUT2D eigenvalue weighted by Crippen LogP contribution is -2.25. The lowest BCUT2D eigenvalue weighted by Gasteiger charge is -2.08. The van der Waals surface area contributed by atoms with E-state index in [9.17, 15) is 14.4 Å². The highest BCUT2D eigenvalue weighted by Crippen LogP contribution is 2.00. The third-order valence-electron chi connectivity index (χ3n) is 3.55. The predicted molar refractivity (Wildman–Crippen MR) is 103 cm³/mol. The monoisotopic (exact) mass is 388 g/mol. The minimum absolute atomic E-state index is 0.0261. The fourth-order valence-corrected chi connectivity index (χ4v) is 2.13. The van der Waals surface area contributed by atoms with Gasteiger partial charge in [0.25, 0.3) is 0 Å². The summed E-state index contributed by atoms with van der Waals surface area (Å²) in [6, 6.07) is 0. The van der Waals surface area contributed by atoms with Crippen LogP contribution in [0.3, 0.4) is 0 Å². The number of hydrogen-bond donors (Lipinski definition) is 2. The number of Topliss-reactive ketones (excluding diaryl/α,β-unsaturated/α-hetero) is 1. The molecule has 0 aromatic rings. The first-order chi connectivity index (χ1) is 13.0. The Kier molecular flexibility index (Phi) is 18.2. The van der Waals surface area contributed by atoms with E-state index in [1.165, 1.54) is 6.92 Å². The summed E-state index contributed by atoms with van der Waals surface area (Å²) in [6.07, 6.45) is 4.09. The Balaban J connectivity index is 3.15. The molecule has 0 aliphatic carbocycles. The van der Waals surface area contributed by atoms with Crippen LogP contribution in [-0.2, 0) is 28.6 Å². The van der Waals surface area contributed by atoms with Crippen molar-refractivity contribution in [3.8, 4) is 0 Å². The molecule has 158 valence electrons. The third-order valence-corrected chi connectivity index (χ3v) is 3.55. The van der Waals surface area contributed by atoms with Gasteiger partial charge in [-0.15, -0.1) is 0 Å². The Bertz CT molecular complexity index is 404. The van der Waals surface area contributed by atoms with Crippen LogP contribution in [0.4, 0.5) is 0 Å². The fourth-order valence-electron chi connectivity index (χ4n) is 2.13. The van der Waals surface area contributed by atoms with Gasteiger partial charge in [-0.3, -0.25) is 9.59 Å². The number of rotatable bonds is 19. The van der Waals surface area contributed by atoms with Crippen molar-refractivity contribution >= 4 is 17.6 Å². The summed E-state index contributed by atoms with van der Waals surface area (Å²) in [7, 11) is 0. The zero-order valence-corrected chi connectivity index (χ0v) is 16.8. The normalized spacial score (nSPS) is 10.6. The van der Waals surface area contributed by atoms with E-state index in [1.54, 1.807) is 6.92 Å². The number of carbonyl (C=O) groups is 3. The molecule has 0 atom stereocenters. The number of nitrogens with one attached hydrogen (secondary N) is 2. The molecule has 0 bridgehead atoms. The summed E-state index contributed by atoms with van der Waals surface area (Å²) >= 11 is 0. The first kappa shape index (κ1) is 25.5. The molecule has 8 heteroatoms. The van der Waals surface area contributed by atoms with Gasteiger partial charge in [0.15, 0.2) is 0 Å². The van der Waals surface area contributed by atoms with Gasteiger partial charge >= 0.3 is 0 Å². The first-order valence-electron chi connectivity index (χ1n) is 9.76. The predicted octanol–water partition coefficient (Wildman–Crippen LogP) is 1.22. The summed E-state index contributed by atoms with van der Waals surface area (Å²) in [6.45, 7) is 7.53. The van der Waals surface area contributed by atoms with Crippen molar-refractivity contribution in [1.82, 2.24) is 10.6 Å². The lowest BCUT2D eigenvalue weighted by atomic mass is 10.1.